The summed E-state index contributed by atoms with van der Waals surface area (Å²) in [6, 6.07) is 5.28. The highest BCUT2D eigenvalue weighted by molar-refractivity contribution is 6.03. The monoisotopic (exact) mass is 240 g/mol. The number of hydrogen-bond acceptors (Lipinski definition) is 2. The number of phenolic OH excluding ortho intramolecular Hbond substituents is 1. The molecule has 0 unspecified atom stereocenters. The Hall–Kier alpha value is -1.71. The highest BCUT2D eigenvalue weighted by Gasteiger charge is 2.45. The third-order valence-electron chi connectivity index (χ3n) is 2.64. The minimum absolute atomic E-state index is 0.107. The van der Waals surface area contributed by atoms with Crippen LogP contribution >= 0.6 is 0 Å². The molecule has 2 nitrogen and oxygen atoms in total. The summed E-state index contributed by atoms with van der Waals surface area (Å²) in [5.74, 6) is -6.58. The SMILES string of the molecule is C=C[C@H](CC)C(F)(F)C(=O)c1ccccc1O. The Morgan fingerprint density at radius 2 is 2.12 bits per heavy atom. The number of hydrogen-bond donors (Lipinski definition) is 1. The van der Waals surface area contributed by atoms with Gasteiger partial charge in [0.25, 0.3) is 0 Å². The highest BCUT2D eigenvalue weighted by Crippen LogP contribution is 2.34. The Morgan fingerprint density at radius 1 is 1.53 bits per heavy atom. The number of para-hydroxylation sites is 1. The van der Waals surface area contributed by atoms with E-state index >= 15 is 0 Å². The number of Topliss-reactive ketones (excluding diaryl/α,β-unsaturated/α-hetero) is 1. The predicted octanol–water partition coefficient (Wildman–Crippen LogP) is 3.42. The standard InChI is InChI=1S/C13H14F2O2/c1-3-9(4-2)13(14,15)12(17)10-7-5-6-8-11(10)16/h3,5-9,16H,1,4H2,2H3/t9-/m1/s1. The second-order valence-electron chi connectivity index (χ2n) is 3.72. The highest BCUT2D eigenvalue weighted by atomic mass is 19.3. The fourth-order valence-corrected chi connectivity index (χ4v) is 1.58. The lowest BCUT2D eigenvalue weighted by Crippen LogP contribution is -2.36. The first-order valence-corrected chi connectivity index (χ1v) is 5.28. The van der Waals surface area contributed by atoms with E-state index in [9.17, 15) is 18.7 Å². The van der Waals surface area contributed by atoms with Gasteiger partial charge in [-0.25, -0.2) is 0 Å². The van der Waals surface area contributed by atoms with Crippen LogP contribution < -0.4 is 0 Å². The molecule has 1 aromatic rings. The van der Waals surface area contributed by atoms with Gasteiger partial charge >= 0.3 is 5.92 Å². The maximum absolute atomic E-state index is 13.8. The van der Waals surface area contributed by atoms with Crippen LogP contribution in [0.2, 0.25) is 0 Å². The summed E-state index contributed by atoms with van der Waals surface area (Å²) in [5.41, 5.74) is -0.363. The molecule has 0 saturated carbocycles. The van der Waals surface area contributed by atoms with E-state index in [1.165, 1.54) is 24.3 Å². The molecule has 0 fully saturated rings. The molecule has 17 heavy (non-hydrogen) atoms. The quantitative estimate of drug-likeness (QED) is 0.632. The molecule has 0 amide bonds. The fraction of sp³-hybridized carbons (Fsp3) is 0.308. The molecule has 0 aliphatic heterocycles. The molecule has 0 aromatic heterocycles. The van der Waals surface area contributed by atoms with Gasteiger partial charge in [-0.3, -0.25) is 4.79 Å². The van der Waals surface area contributed by atoms with Gasteiger partial charge < -0.3 is 5.11 Å². The molecule has 1 rings (SSSR count). The van der Waals surface area contributed by atoms with Crippen molar-refractivity contribution in [2.45, 2.75) is 19.3 Å². The molecule has 0 aliphatic rings. The van der Waals surface area contributed by atoms with Gasteiger partial charge in [-0.2, -0.15) is 8.78 Å². The molecule has 1 N–H and O–H groups in total. The van der Waals surface area contributed by atoms with Gasteiger partial charge in [0, 0.05) is 5.92 Å². The van der Waals surface area contributed by atoms with Crippen LogP contribution in [0, 0.1) is 5.92 Å². The molecule has 0 radical (unpaired) electrons. The topological polar surface area (TPSA) is 37.3 Å². The first-order valence-electron chi connectivity index (χ1n) is 5.28. The van der Waals surface area contributed by atoms with E-state index in [0.717, 1.165) is 6.08 Å². The van der Waals surface area contributed by atoms with E-state index in [1.807, 2.05) is 0 Å². The average Bonchev–Trinajstić information content (AvgIpc) is 2.30. The summed E-state index contributed by atoms with van der Waals surface area (Å²) in [6.45, 7) is 4.86. The molecule has 0 heterocycles. The van der Waals surface area contributed by atoms with Gasteiger partial charge in [0.2, 0.25) is 5.78 Å². The van der Waals surface area contributed by atoms with Crippen LogP contribution in [-0.2, 0) is 0 Å². The normalized spacial score (nSPS) is 13.1. The lowest BCUT2D eigenvalue weighted by Gasteiger charge is -2.22. The molecule has 0 saturated heterocycles. The van der Waals surface area contributed by atoms with Crippen LogP contribution in [0.4, 0.5) is 8.78 Å². The lowest BCUT2D eigenvalue weighted by atomic mass is 9.91. The smallest absolute Gasteiger partial charge is 0.315 e. The number of halogens is 2. The van der Waals surface area contributed by atoms with Crippen molar-refractivity contribution in [1.82, 2.24) is 0 Å². The predicted molar refractivity (Wildman–Crippen MR) is 61.4 cm³/mol. The zero-order chi connectivity index (χ0) is 13.1. The summed E-state index contributed by atoms with van der Waals surface area (Å²) in [7, 11) is 0. The lowest BCUT2D eigenvalue weighted by molar-refractivity contribution is -0.0183. The van der Waals surface area contributed by atoms with Gasteiger partial charge in [-0.1, -0.05) is 25.1 Å². The zero-order valence-corrected chi connectivity index (χ0v) is 9.49. The van der Waals surface area contributed by atoms with Gasteiger partial charge in [-0.15, -0.1) is 6.58 Å². The van der Waals surface area contributed by atoms with Crippen LogP contribution in [0.3, 0.4) is 0 Å². The Kier molecular flexibility index (Phi) is 3.99. The van der Waals surface area contributed by atoms with E-state index in [-0.39, 0.29) is 12.0 Å². The minimum Gasteiger partial charge on any atom is -0.507 e. The number of phenols is 1. The number of benzene rings is 1. The van der Waals surface area contributed by atoms with Crippen molar-refractivity contribution in [2.24, 2.45) is 5.92 Å². The number of carbonyl (C=O) groups excluding carboxylic acids is 1. The molecular weight excluding hydrogens is 226 g/mol. The summed E-state index contributed by atoms with van der Waals surface area (Å²) in [5, 5.41) is 9.39. The molecule has 92 valence electrons. The number of aromatic hydroxyl groups is 1. The maximum Gasteiger partial charge on any atom is 0.315 e. The third-order valence-corrected chi connectivity index (χ3v) is 2.64. The van der Waals surface area contributed by atoms with Crippen LogP contribution in [0.15, 0.2) is 36.9 Å². The Morgan fingerprint density at radius 3 is 2.59 bits per heavy atom. The number of allylic oxidation sites excluding steroid dienone is 1. The van der Waals surface area contributed by atoms with Gasteiger partial charge in [0.15, 0.2) is 0 Å². The average molecular weight is 240 g/mol. The second-order valence-corrected chi connectivity index (χ2v) is 3.72. The summed E-state index contributed by atoms with van der Waals surface area (Å²) in [6.07, 6.45) is 1.17. The van der Waals surface area contributed by atoms with Crippen molar-refractivity contribution < 1.29 is 18.7 Å². The maximum atomic E-state index is 13.8. The molecule has 0 bridgehead atoms. The van der Waals surface area contributed by atoms with Crippen molar-refractivity contribution in [3.63, 3.8) is 0 Å². The van der Waals surface area contributed by atoms with E-state index < -0.39 is 23.4 Å². The Labute approximate surface area is 98.6 Å². The van der Waals surface area contributed by atoms with Crippen LogP contribution in [-0.4, -0.2) is 16.8 Å². The van der Waals surface area contributed by atoms with E-state index in [2.05, 4.69) is 6.58 Å². The largest absolute Gasteiger partial charge is 0.507 e. The molecular formula is C13H14F2O2. The molecule has 4 heteroatoms. The first kappa shape index (κ1) is 13.4. The van der Waals surface area contributed by atoms with Crippen molar-refractivity contribution in [3.8, 4) is 5.75 Å². The number of alkyl halides is 2. The van der Waals surface area contributed by atoms with Gasteiger partial charge in [0.1, 0.15) is 5.75 Å². The van der Waals surface area contributed by atoms with Crippen LogP contribution in [0.5, 0.6) is 5.75 Å². The first-order chi connectivity index (χ1) is 7.95. The molecule has 1 atom stereocenters. The van der Waals surface area contributed by atoms with Crippen molar-refractivity contribution >= 4 is 5.78 Å². The molecule has 0 spiro atoms. The fourth-order valence-electron chi connectivity index (χ4n) is 1.58. The Balaban J connectivity index is 3.12. The van der Waals surface area contributed by atoms with Gasteiger partial charge in [-0.05, 0) is 18.6 Å². The summed E-state index contributed by atoms with van der Waals surface area (Å²) < 4.78 is 27.6. The van der Waals surface area contributed by atoms with Crippen molar-refractivity contribution in [2.75, 3.05) is 0 Å². The van der Waals surface area contributed by atoms with E-state index in [1.54, 1.807) is 6.92 Å². The number of carbonyl (C=O) groups is 1. The van der Waals surface area contributed by atoms with Crippen molar-refractivity contribution in [3.05, 3.63) is 42.5 Å². The van der Waals surface area contributed by atoms with Crippen LogP contribution in [0.1, 0.15) is 23.7 Å². The van der Waals surface area contributed by atoms with Crippen LogP contribution in [0.25, 0.3) is 0 Å². The number of ketones is 1. The summed E-state index contributed by atoms with van der Waals surface area (Å²) >= 11 is 0. The number of rotatable bonds is 5. The third kappa shape index (κ3) is 2.52. The molecule has 1 aromatic carbocycles. The van der Waals surface area contributed by atoms with E-state index in [0.29, 0.717) is 0 Å². The Bertz CT molecular complexity index is 427. The molecule has 0 aliphatic carbocycles. The van der Waals surface area contributed by atoms with Gasteiger partial charge in [0.05, 0.1) is 5.56 Å². The summed E-state index contributed by atoms with van der Waals surface area (Å²) in [4.78, 5) is 11.7. The van der Waals surface area contributed by atoms with E-state index in [4.69, 9.17) is 0 Å². The second kappa shape index (κ2) is 5.08. The zero-order valence-electron chi connectivity index (χ0n) is 9.49. The minimum atomic E-state index is -3.55. The van der Waals surface area contributed by atoms with Crippen molar-refractivity contribution in [1.29, 1.82) is 0 Å².